The van der Waals surface area contributed by atoms with Crippen molar-refractivity contribution in [3.05, 3.63) is 59.4 Å². The van der Waals surface area contributed by atoms with Crippen LogP contribution in [0.5, 0.6) is 23.0 Å². The molecule has 1 amide bonds. The number of nitrogens with zero attached hydrogens (tertiary/aromatic N) is 1. The zero-order valence-electron chi connectivity index (χ0n) is 18.1. The number of para-hydroxylation sites is 1. The van der Waals surface area contributed by atoms with Crippen LogP contribution in [-0.2, 0) is 13.0 Å². The van der Waals surface area contributed by atoms with E-state index >= 15 is 0 Å². The third kappa shape index (κ3) is 3.79. The Balaban J connectivity index is 1.58. The van der Waals surface area contributed by atoms with E-state index in [1.165, 1.54) is 0 Å². The maximum atomic E-state index is 13.1. The van der Waals surface area contributed by atoms with Crippen LogP contribution in [0.2, 0.25) is 0 Å². The molecule has 0 radical (unpaired) electrons. The summed E-state index contributed by atoms with van der Waals surface area (Å²) in [5, 5.41) is 0. The average molecular weight is 423 g/mol. The van der Waals surface area contributed by atoms with Gasteiger partial charge in [-0.1, -0.05) is 6.07 Å². The molecule has 0 bridgehead atoms. The maximum Gasteiger partial charge on any atom is 0.289 e. The number of ether oxygens (including phenoxy) is 4. The molecular formula is C24H25NO6. The number of carbonyl (C=O) groups excluding carboxylic acids is 1. The molecule has 2 heterocycles. The van der Waals surface area contributed by atoms with Crippen LogP contribution in [0.4, 0.5) is 0 Å². The van der Waals surface area contributed by atoms with Gasteiger partial charge in [0.1, 0.15) is 5.76 Å². The fraction of sp³-hybridized carbons (Fsp3) is 0.292. The van der Waals surface area contributed by atoms with Crippen molar-refractivity contribution in [3.8, 4) is 34.3 Å². The van der Waals surface area contributed by atoms with E-state index in [1.54, 1.807) is 45.5 Å². The maximum absolute atomic E-state index is 13.1. The Morgan fingerprint density at radius 3 is 2.26 bits per heavy atom. The van der Waals surface area contributed by atoms with E-state index in [0.717, 1.165) is 23.1 Å². The molecule has 1 aromatic heterocycles. The van der Waals surface area contributed by atoms with Crippen molar-refractivity contribution < 1.29 is 28.2 Å². The first-order valence-corrected chi connectivity index (χ1v) is 9.93. The average Bonchev–Trinajstić information content (AvgIpc) is 3.31. The highest BCUT2D eigenvalue weighted by atomic mass is 16.5. The lowest BCUT2D eigenvalue weighted by Crippen LogP contribution is -2.35. The third-order valence-electron chi connectivity index (χ3n) is 5.49. The van der Waals surface area contributed by atoms with Crippen molar-refractivity contribution in [3.63, 3.8) is 0 Å². The van der Waals surface area contributed by atoms with Crippen LogP contribution < -0.4 is 18.9 Å². The molecule has 1 aliphatic rings. The van der Waals surface area contributed by atoms with Crippen LogP contribution >= 0.6 is 0 Å². The first-order valence-electron chi connectivity index (χ1n) is 9.93. The Hall–Kier alpha value is -3.61. The predicted octanol–water partition coefficient (Wildman–Crippen LogP) is 4.18. The van der Waals surface area contributed by atoms with E-state index in [4.69, 9.17) is 23.4 Å². The van der Waals surface area contributed by atoms with Crippen molar-refractivity contribution in [1.82, 2.24) is 4.90 Å². The lowest BCUT2D eigenvalue weighted by molar-refractivity contribution is 0.0703. The minimum absolute atomic E-state index is 0.159. The molecule has 162 valence electrons. The van der Waals surface area contributed by atoms with E-state index in [2.05, 4.69) is 0 Å². The Morgan fingerprint density at radius 2 is 1.58 bits per heavy atom. The summed E-state index contributed by atoms with van der Waals surface area (Å²) in [6, 6.07) is 12.9. The van der Waals surface area contributed by atoms with Crippen molar-refractivity contribution in [1.29, 1.82) is 0 Å². The number of methoxy groups -OCH3 is 4. The molecule has 0 unspecified atom stereocenters. The highest BCUT2D eigenvalue weighted by molar-refractivity contribution is 5.92. The number of benzene rings is 2. The van der Waals surface area contributed by atoms with Gasteiger partial charge in [0, 0.05) is 13.1 Å². The monoisotopic (exact) mass is 423 g/mol. The number of fused-ring (bicyclic) bond motifs is 1. The molecule has 1 aliphatic heterocycles. The van der Waals surface area contributed by atoms with Gasteiger partial charge in [-0.2, -0.15) is 0 Å². The van der Waals surface area contributed by atoms with Crippen LogP contribution in [0, 0.1) is 0 Å². The summed E-state index contributed by atoms with van der Waals surface area (Å²) in [4.78, 5) is 14.9. The molecule has 0 saturated heterocycles. The molecule has 0 atom stereocenters. The van der Waals surface area contributed by atoms with Gasteiger partial charge < -0.3 is 28.3 Å². The van der Waals surface area contributed by atoms with Crippen molar-refractivity contribution in [2.45, 2.75) is 13.0 Å². The second-order valence-electron chi connectivity index (χ2n) is 7.16. The molecule has 0 aliphatic carbocycles. The van der Waals surface area contributed by atoms with Gasteiger partial charge in [0.05, 0.1) is 34.0 Å². The fourth-order valence-electron chi connectivity index (χ4n) is 3.89. The van der Waals surface area contributed by atoms with Crippen LogP contribution in [0.1, 0.15) is 21.7 Å². The zero-order valence-corrected chi connectivity index (χ0v) is 18.1. The molecule has 0 spiro atoms. The summed E-state index contributed by atoms with van der Waals surface area (Å²) >= 11 is 0. The first-order chi connectivity index (χ1) is 15.1. The van der Waals surface area contributed by atoms with Gasteiger partial charge in [-0.15, -0.1) is 0 Å². The third-order valence-corrected chi connectivity index (χ3v) is 5.49. The standard InChI is InChI=1S/C24H25NO6/c1-27-19-7-5-6-17(23(19)30-4)18-8-9-20(31-18)24(26)25-11-10-15-12-21(28-2)22(29-3)13-16(15)14-25/h5-9,12-13H,10-11,14H2,1-4H3. The number of hydrogen-bond donors (Lipinski definition) is 0. The van der Waals surface area contributed by atoms with Crippen molar-refractivity contribution in [2.24, 2.45) is 0 Å². The Kier molecular flexibility index (Phi) is 5.75. The Morgan fingerprint density at radius 1 is 0.871 bits per heavy atom. The van der Waals surface area contributed by atoms with E-state index in [9.17, 15) is 4.79 Å². The molecule has 0 fully saturated rings. The Labute approximate surface area is 181 Å². The molecule has 2 aromatic carbocycles. The zero-order chi connectivity index (χ0) is 22.0. The van der Waals surface area contributed by atoms with Gasteiger partial charge in [0.25, 0.3) is 5.91 Å². The Bertz CT molecular complexity index is 1100. The van der Waals surface area contributed by atoms with Gasteiger partial charge in [-0.25, -0.2) is 0 Å². The lowest BCUT2D eigenvalue weighted by Gasteiger charge is -2.29. The highest BCUT2D eigenvalue weighted by Crippen LogP contribution is 2.39. The molecule has 0 N–H and O–H groups in total. The molecule has 3 aromatic rings. The molecule has 7 nitrogen and oxygen atoms in total. The number of hydrogen-bond acceptors (Lipinski definition) is 6. The quantitative estimate of drug-likeness (QED) is 0.592. The molecule has 4 rings (SSSR count). The van der Waals surface area contributed by atoms with Crippen LogP contribution in [-0.4, -0.2) is 45.8 Å². The first kappa shape index (κ1) is 20.7. The SMILES string of the molecule is COc1cc2c(cc1OC)CN(C(=O)c1ccc(-c3cccc(OC)c3OC)o1)CC2. The number of rotatable bonds is 6. The summed E-state index contributed by atoms with van der Waals surface area (Å²) in [5.41, 5.74) is 2.92. The summed E-state index contributed by atoms with van der Waals surface area (Å²) in [7, 11) is 6.38. The van der Waals surface area contributed by atoms with E-state index in [-0.39, 0.29) is 11.7 Å². The number of furan rings is 1. The van der Waals surface area contributed by atoms with Crippen molar-refractivity contribution in [2.75, 3.05) is 35.0 Å². The van der Waals surface area contributed by atoms with Gasteiger partial charge in [0.2, 0.25) is 0 Å². The van der Waals surface area contributed by atoms with Crippen LogP contribution in [0.15, 0.2) is 46.9 Å². The van der Waals surface area contributed by atoms with E-state index in [1.807, 2.05) is 30.3 Å². The largest absolute Gasteiger partial charge is 0.493 e. The molecule has 31 heavy (non-hydrogen) atoms. The van der Waals surface area contributed by atoms with E-state index in [0.29, 0.717) is 41.8 Å². The summed E-state index contributed by atoms with van der Waals surface area (Å²) < 4.78 is 27.6. The predicted molar refractivity (Wildman–Crippen MR) is 115 cm³/mol. The second kappa shape index (κ2) is 8.63. The minimum atomic E-state index is -0.159. The number of carbonyl (C=O) groups is 1. The van der Waals surface area contributed by atoms with Gasteiger partial charge in [0.15, 0.2) is 28.8 Å². The second-order valence-corrected chi connectivity index (χ2v) is 7.16. The topological polar surface area (TPSA) is 70.4 Å². The molecule has 0 saturated carbocycles. The molecule has 7 heteroatoms. The summed E-state index contributed by atoms with van der Waals surface area (Å²) in [6.45, 7) is 1.08. The van der Waals surface area contributed by atoms with Gasteiger partial charge in [-0.3, -0.25) is 4.79 Å². The summed E-state index contributed by atoms with van der Waals surface area (Å²) in [5.74, 6) is 3.18. The number of amides is 1. The van der Waals surface area contributed by atoms with Crippen LogP contribution in [0.3, 0.4) is 0 Å². The fourth-order valence-corrected chi connectivity index (χ4v) is 3.89. The van der Waals surface area contributed by atoms with E-state index < -0.39 is 0 Å². The smallest absolute Gasteiger partial charge is 0.289 e. The van der Waals surface area contributed by atoms with Crippen LogP contribution in [0.25, 0.3) is 11.3 Å². The summed E-state index contributed by atoms with van der Waals surface area (Å²) in [6.07, 6.45) is 0.735. The normalized spacial score (nSPS) is 12.8. The lowest BCUT2D eigenvalue weighted by atomic mass is 9.98. The highest BCUT2D eigenvalue weighted by Gasteiger charge is 2.26. The molecular weight excluding hydrogens is 398 g/mol. The van der Waals surface area contributed by atoms with Gasteiger partial charge >= 0.3 is 0 Å². The van der Waals surface area contributed by atoms with Gasteiger partial charge in [-0.05, 0) is 53.9 Å². The van der Waals surface area contributed by atoms with Crippen molar-refractivity contribution >= 4 is 5.91 Å². The minimum Gasteiger partial charge on any atom is -0.493 e.